The first-order valence-corrected chi connectivity index (χ1v) is 34.5. The van der Waals surface area contributed by atoms with Crippen LogP contribution in [0.5, 0.6) is 0 Å². The highest BCUT2D eigenvalue weighted by Crippen LogP contribution is 2.76. The molecule has 0 spiro atoms. The Labute approximate surface area is 577 Å². The SMILES string of the molecule is CC(=O)OC[C@H]1OC(OC(=O)[C@]23CCC(C)(C)C[C@H]2C2=CC[C@@H]4[C@@]5(C)CC[C@H](OC6O[C@H](COC(=O)c7ccccc7)[C@@H](OC(=O)c7ccccc7)[C@H](OC(=O)c7ccccc7)[C@H]6OC(=O)c6ccccc6)C(C)(C)[C@@H]5CC[C@@]4(C)[C@]2(C)CC3)[C@H](OC(C)=O)[C@@H](OC(C)=O)[C@@H]1OC(C)=O. The molecule has 0 N–H and O–H groups in total. The van der Waals surface area contributed by atoms with Crippen molar-refractivity contribution in [2.45, 2.75) is 208 Å². The normalized spacial score (nSPS) is 34.0. The van der Waals surface area contributed by atoms with Gasteiger partial charge in [-0.1, -0.05) is 133 Å². The molecule has 99 heavy (non-hydrogen) atoms. The van der Waals surface area contributed by atoms with Gasteiger partial charge in [0.05, 0.1) is 33.8 Å². The van der Waals surface area contributed by atoms with Crippen LogP contribution in [0, 0.1) is 50.2 Å². The zero-order valence-electron chi connectivity index (χ0n) is 58.3. The van der Waals surface area contributed by atoms with Crippen LogP contribution in [0.4, 0.5) is 0 Å². The van der Waals surface area contributed by atoms with E-state index in [1.807, 2.05) is 0 Å². The lowest BCUT2D eigenvalue weighted by atomic mass is 9.33. The second kappa shape index (κ2) is 28.8. The standard InChI is InChI=1S/C78H92O21/c1-45(79)88-43-55-60(90-46(2)80)62(91-47(3)81)64(92-48(4)82)71(94-55)99-72(87)78-40-38-73(5,6)42-54(78)53-32-33-58-75(9)36-35-59(74(7,8)57(75)34-37-77(58,11)76(53,10)39-41-78)95-70-65(98-69(86)52-30-22-15-23-31-52)63(97-68(85)51-28-20-14-21-29-51)61(96-67(84)50-26-18-13-19-27-50)56(93-70)44-89-66(83)49-24-16-12-17-25-49/h12-32,54-65,70-71H,33-44H2,1-11H3/t54-,55+,56+,57-,58+,59-,60+,61+,62-,63-,64+,65+,70?,71?,75-,76+,77+,78-/m0/s1. The van der Waals surface area contributed by atoms with Gasteiger partial charge in [-0.15, -0.1) is 0 Å². The molecule has 0 aromatic heterocycles. The Morgan fingerprint density at radius 3 is 1.41 bits per heavy atom. The second-order valence-corrected chi connectivity index (χ2v) is 30.0. The molecule has 6 fully saturated rings. The third kappa shape index (κ3) is 14.4. The molecule has 0 bridgehead atoms. The summed E-state index contributed by atoms with van der Waals surface area (Å²) < 4.78 is 74.9. The monoisotopic (exact) mass is 1360 g/mol. The van der Waals surface area contributed by atoms with Crippen molar-refractivity contribution in [1.29, 1.82) is 0 Å². The van der Waals surface area contributed by atoms with Gasteiger partial charge in [0.1, 0.15) is 25.4 Å². The first-order valence-electron chi connectivity index (χ1n) is 34.5. The zero-order chi connectivity index (χ0) is 71.0. The molecule has 0 amide bonds. The number of carbonyl (C=O) groups is 9. The van der Waals surface area contributed by atoms with Crippen molar-refractivity contribution < 1.29 is 100.0 Å². The number of hydrogen-bond acceptors (Lipinski definition) is 21. The Morgan fingerprint density at radius 2 is 0.879 bits per heavy atom. The molecule has 2 unspecified atom stereocenters. The predicted molar refractivity (Wildman–Crippen MR) is 354 cm³/mol. The molecule has 4 saturated carbocycles. The summed E-state index contributed by atoms with van der Waals surface area (Å²) in [6.07, 6.45) is -6.83. The lowest BCUT2D eigenvalue weighted by Gasteiger charge is -2.71. The summed E-state index contributed by atoms with van der Waals surface area (Å²) in [6, 6.07) is 33.1. The smallest absolute Gasteiger partial charge is 0.338 e. The van der Waals surface area contributed by atoms with E-state index in [-0.39, 0.29) is 56.3 Å². The maximum atomic E-state index is 15.7. The third-order valence-corrected chi connectivity index (χ3v) is 23.2. The van der Waals surface area contributed by atoms with Gasteiger partial charge in [0.15, 0.2) is 36.8 Å². The second-order valence-electron chi connectivity index (χ2n) is 30.0. The Hall–Kier alpha value is -8.27. The van der Waals surface area contributed by atoms with Crippen LogP contribution in [0.3, 0.4) is 0 Å². The van der Waals surface area contributed by atoms with Crippen LogP contribution >= 0.6 is 0 Å². The number of carbonyl (C=O) groups excluding carboxylic acids is 9. The van der Waals surface area contributed by atoms with Crippen LogP contribution < -0.4 is 0 Å². The number of ether oxygens (including phenoxy) is 12. The largest absolute Gasteiger partial charge is 0.463 e. The molecule has 2 saturated heterocycles. The van der Waals surface area contributed by atoms with Gasteiger partial charge < -0.3 is 56.8 Å². The van der Waals surface area contributed by atoms with E-state index in [0.29, 0.717) is 51.4 Å². The molecule has 5 aliphatic carbocycles. The van der Waals surface area contributed by atoms with Gasteiger partial charge >= 0.3 is 53.7 Å². The van der Waals surface area contributed by atoms with Crippen LogP contribution in [0.15, 0.2) is 133 Å². The fraction of sp³-hybridized carbons (Fsp3) is 0.551. The molecule has 2 aliphatic heterocycles. The molecule has 11 rings (SSSR count). The average Bonchev–Trinajstić information content (AvgIpc) is 0.678. The molecular formula is C78H92O21. The van der Waals surface area contributed by atoms with Gasteiger partial charge in [-0.25, -0.2) is 19.2 Å². The lowest BCUT2D eigenvalue weighted by Crippen LogP contribution is -2.67. The van der Waals surface area contributed by atoms with Crippen LogP contribution in [-0.4, -0.2) is 134 Å². The van der Waals surface area contributed by atoms with Crippen LogP contribution in [-0.2, 0) is 80.8 Å². The van der Waals surface area contributed by atoms with E-state index in [2.05, 4.69) is 54.5 Å². The van der Waals surface area contributed by atoms with Crippen molar-refractivity contribution in [3.05, 3.63) is 155 Å². The van der Waals surface area contributed by atoms with Gasteiger partial charge in [-0.3, -0.25) is 24.0 Å². The molecule has 530 valence electrons. The molecular weight excluding hydrogens is 1270 g/mol. The van der Waals surface area contributed by atoms with Gasteiger partial charge in [0.2, 0.25) is 12.4 Å². The summed E-state index contributed by atoms with van der Waals surface area (Å²) in [4.78, 5) is 123. The molecule has 21 nitrogen and oxygen atoms in total. The molecule has 4 aromatic rings. The quantitative estimate of drug-likeness (QED) is 0.0388. The van der Waals surface area contributed by atoms with E-state index in [1.165, 1.54) is 12.5 Å². The zero-order valence-corrected chi connectivity index (χ0v) is 58.3. The summed E-state index contributed by atoms with van der Waals surface area (Å²) in [5.41, 5.74) is -0.902. The Balaban J connectivity index is 0.911. The van der Waals surface area contributed by atoms with Crippen molar-refractivity contribution in [2.75, 3.05) is 13.2 Å². The van der Waals surface area contributed by atoms with E-state index >= 15 is 4.79 Å². The fourth-order valence-corrected chi connectivity index (χ4v) is 18.1. The van der Waals surface area contributed by atoms with Crippen molar-refractivity contribution in [2.24, 2.45) is 50.2 Å². The Morgan fingerprint density at radius 1 is 0.434 bits per heavy atom. The average molecular weight is 1370 g/mol. The van der Waals surface area contributed by atoms with E-state index < -0.39 is 151 Å². The Bertz CT molecular complexity index is 3690. The van der Waals surface area contributed by atoms with E-state index in [4.69, 9.17) is 56.8 Å². The highest BCUT2D eigenvalue weighted by atomic mass is 16.8. The lowest BCUT2D eigenvalue weighted by molar-refractivity contribution is -0.327. The van der Waals surface area contributed by atoms with E-state index in [9.17, 15) is 38.4 Å². The maximum absolute atomic E-state index is 15.7. The highest BCUT2D eigenvalue weighted by Gasteiger charge is 2.71. The maximum Gasteiger partial charge on any atom is 0.338 e. The van der Waals surface area contributed by atoms with Crippen molar-refractivity contribution in [3.8, 4) is 0 Å². The van der Waals surface area contributed by atoms with Crippen LogP contribution in [0.25, 0.3) is 0 Å². The molecule has 4 aromatic carbocycles. The van der Waals surface area contributed by atoms with Crippen molar-refractivity contribution in [1.82, 2.24) is 0 Å². The minimum Gasteiger partial charge on any atom is -0.463 e. The minimum atomic E-state index is -1.68. The van der Waals surface area contributed by atoms with E-state index in [0.717, 1.165) is 33.6 Å². The van der Waals surface area contributed by atoms with Crippen molar-refractivity contribution >= 4 is 53.7 Å². The number of rotatable bonds is 18. The van der Waals surface area contributed by atoms with Gasteiger partial charge in [-0.2, -0.15) is 0 Å². The number of benzene rings is 4. The van der Waals surface area contributed by atoms with Gasteiger partial charge in [0.25, 0.3) is 0 Å². The molecule has 21 heteroatoms. The number of allylic oxidation sites excluding steroid dienone is 2. The first-order chi connectivity index (χ1) is 47.0. The van der Waals surface area contributed by atoms with E-state index in [1.54, 1.807) is 121 Å². The van der Waals surface area contributed by atoms with Gasteiger partial charge in [0, 0.05) is 27.7 Å². The molecule has 7 aliphatic rings. The number of hydrogen-bond donors (Lipinski definition) is 0. The predicted octanol–water partition coefficient (Wildman–Crippen LogP) is 12.1. The van der Waals surface area contributed by atoms with Crippen LogP contribution in [0.1, 0.15) is 182 Å². The summed E-state index contributed by atoms with van der Waals surface area (Å²) in [5.74, 6) is -6.89. The highest BCUT2D eigenvalue weighted by molar-refractivity contribution is 5.92. The molecule has 18 atom stereocenters. The molecule has 0 radical (unpaired) electrons. The summed E-state index contributed by atoms with van der Waals surface area (Å²) in [7, 11) is 0. The summed E-state index contributed by atoms with van der Waals surface area (Å²) in [5, 5.41) is 0. The van der Waals surface area contributed by atoms with Crippen LogP contribution in [0.2, 0.25) is 0 Å². The van der Waals surface area contributed by atoms with Gasteiger partial charge in [-0.05, 0) is 158 Å². The minimum absolute atomic E-state index is 0.0380. The topological polar surface area (TPSA) is 264 Å². The summed E-state index contributed by atoms with van der Waals surface area (Å²) in [6.45, 7) is 19.7. The first kappa shape index (κ1) is 72.0. The molecule has 2 heterocycles. The summed E-state index contributed by atoms with van der Waals surface area (Å²) >= 11 is 0. The number of esters is 9. The third-order valence-electron chi connectivity index (χ3n) is 23.2. The number of fused-ring (bicyclic) bond motifs is 7. The van der Waals surface area contributed by atoms with Crippen molar-refractivity contribution in [3.63, 3.8) is 0 Å². The Kier molecular flexibility index (Phi) is 20.9. The fourth-order valence-electron chi connectivity index (χ4n) is 18.1.